The van der Waals surface area contributed by atoms with Crippen molar-refractivity contribution in [1.29, 1.82) is 5.26 Å². The van der Waals surface area contributed by atoms with Crippen LogP contribution in [0.25, 0.3) is 10.9 Å². The molecule has 0 bridgehead atoms. The summed E-state index contributed by atoms with van der Waals surface area (Å²) in [6.07, 6.45) is 0.493. The van der Waals surface area contributed by atoms with Gasteiger partial charge in [0, 0.05) is 18.1 Å². The second-order valence-corrected chi connectivity index (χ2v) is 3.93. The lowest BCUT2D eigenvalue weighted by atomic mass is 10.1. The molecule has 1 aromatic carbocycles. The smallest absolute Gasteiger partial charge is 0.0670 e. The average molecular weight is 198 g/mol. The summed E-state index contributed by atoms with van der Waals surface area (Å²) in [5, 5.41) is 10.0. The number of nitriles is 1. The summed E-state index contributed by atoms with van der Waals surface area (Å²) in [6, 6.07) is 8.50. The van der Waals surface area contributed by atoms with E-state index in [9.17, 15) is 0 Å². The highest BCUT2D eigenvalue weighted by Gasteiger charge is 2.12. The fourth-order valence-corrected chi connectivity index (χ4v) is 2.21. The van der Waals surface area contributed by atoms with Crippen molar-refractivity contribution in [3.05, 3.63) is 35.0 Å². The minimum absolute atomic E-state index is 0.493. The van der Waals surface area contributed by atoms with Crippen LogP contribution in [-0.4, -0.2) is 4.57 Å². The van der Waals surface area contributed by atoms with Crippen molar-refractivity contribution < 1.29 is 0 Å². The van der Waals surface area contributed by atoms with Crippen molar-refractivity contribution in [2.75, 3.05) is 0 Å². The predicted octanol–water partition coefficient (Wildman–Crippen LogP) is 2.86. The maximum Gasteiger partial charge on any atom is 0.0670 e. The molecule has 15 heavy (non-hydrogen) atoms. The van der Waals surface area contributed by atoms with Crippen molar-refractivity contribution in [2.45, 2.75) is 20.3 Å². The molecule has 2 nitrogen and oxygen atoms in total. The van der Waals surface area contributed by atoms with E-state index >= 15 is 0 Å². The molecule has 0 atom stereocenters. The SMILES string of the molecule is Cc1cccc2c(CC#N)c(C)n(C)c12. The second-order valence-electron chi connectivity index (χ2n) is 3.93. The van der Waals surface area contributed by atoms with Crippen molar-refractivity contribution in [2.24, 2.45) is 7.05 Å². The Kier molecular flexibility index (Phi) is 2.24. The molecular weight excluding hydrogens is 184 g/mol. The summed E-state index contributed by atoms with van der Waals surface area (Å²) in [4.78, 5) is 0. The third kappa shape index (κ3) is 1.32. The molecule has 2 aromatic rings. The third-order valence-electron chi connectivity index (χ3n) is 3.09. The first-order chi connectivity index (χ1) is 7.16. The minimum atomic E-state index is 0.493. The van der Waals surface area contributed by atoms with Gasteiger partial charge in [0.1, 0.15) is 0 Å². The number of aromatic nitrogens is 1. The van der Waals surface area contributed by atoms with E-state index in [0.717, 1.165) is 0 Å². The fourth-order valence-electron chi connectivity index (χ4n) is 2.21. The van der Waals surface area contributed by atoms with Crippen LogP contribution in [0, 0.1) is 25.2 Å². The number of fused-ring (bicyclic) bond motifs is 1. The number of rotatable bonds is 1. The van der Waals surface area contributed by atoms with Crippen LogP contribution in [-0.2, 0) is 13.5 Å². The Morgan fingerprint density at radius 2 is 2.07 bits per heavy atom. The molecule has 0 spiro atoms. The van der Waals surface area contributed by atoms with Gasteiger partial charge in [-0.15, -0.1) is 0 Å². The standard InChI is InChI=1S/C13H14N2/c1-9-5-4-6-12-11(7-8-14)10(2)15(3)13(9)12/h4-6H,7H2,1-3H3. The zero-order valence-electron chi connectivity index (χ0n) is 9.33. The molecule has 0 unspecified atom stereocenters. The Labute approximate surface area is 89.7 Å². The van der Waals surface area contributed by atoms with E-state index in [1.807, 2.05) is 0 Å². The molecule has 0 saturated heterocycles. The van der Waals surface area contributed by atoms with E-state index in [2.05, 4.69) is 49.7 Å². The van der Waals surface area contributed by atoms with Crippen LogP contribution in [0.15, 0.2) is 18.2 Å². The highest BCUT2D eigenvalue weighted by molar-refractivity contribution is 5.88. The second kappa shape index (κ2) is 3.43. The quantitative estimate of drug-likeness (QED) is 0.692. The maximum atomic E-state index is 8.82. The van der Waals surface area contributed by atoms with Crippen molar-refractivity contribution in [3.63, 3.8) is 0 Å². The highest BCUT2D eigenvalue weighted by atomic mass is 14.9. The summed E-state index contributed by atoms with van der Waals surface area (Å²) in [5.41, 5.74) is 4.88. The molecule has 2 heteroatoms. The maximum absolute atomic E-state index is 8.82. The Morgan fingerprint density at radius 1 is 1.33 bits per heavy atom. The first-order valence-corrected chi connectivity index (χ1v) is 5.07. The van der Waals surface area contributed by atoms with Crippen LogP contribution in [0.2, 0.25) is 0 Å². The zero-order chi connectivity index (χ0) is 11.0. The first kappa shape index (κ1) is 9.79. The molecular formula is C13H14N2. The summed E-state index contributed by atoms with van der Waals surface area (Å²) < 4.78 is 2.18. The van der Waals surface area contributed by atoms with Crippen molar-refractivity contribution in [3.8, 4) is 6.07 Å². The van der Waals surface area contributed by atoms with Crippen LogP contribution >= 0.6 is 0 Å². The van der Waals surface area contributed by atoms with E-state index in [0.29, 0.717) is 6.42 Å². The van der Waals surface area contributed by atoms with Gasteiger partial charge in [-0.2, -0.15) is 5.26 Å². The van der Waals surface area contributed by atoms with E-state index < -0.39 is 0 Å². The van der Waals surface area contributed by atoms with E-state index in [-0.39, 0.29) is 0 Å². The molecule has 0 aliphatic rings. The van der Waals surface area contributed by atoms with E-state index in [1.54, 1.807) is 0 Å². The van der Waals surface area contributed by atoms with Gasteiger partial charge in [0.05, 0.1) is 18.0 Å². The lowest BCUT2D eigenvalue weighted by molar-refractivity contribution is 0.902. The molecule has 0 fully saturated rings. The monoisotopic (exact) mass is 198 g/mol. The van der Waals surface area contributed by atoms with E-state index in [4.69, 9.17) is 5.26 Å². The van der Waals surface area contributed by atoms with Gasteiger partial charge in [0.2, 0.25) is 0 Å². The van der Waals surface area contributed by atoms with Crippen molar-refractivity contribution >= 4 is 10.9 Å². The van der Waals surface area contributed by atoms with Gasteiger partial charge in [-0.25, -0.2) is 0 Å². The molecule has 0 radical (unpaired) electrons. The fraction of sp³-hybridized carbons (Fsp3) is 0.308. The molecule has 0 saturated carbocycles. The summed E-state index contributed by atoms with van der Waals surface area (Å²) >= 11 is 0. The van der Waals surface area contributed by atoms with Crippen LogP contribution in [0.4, 0.5) is 0 Å². The van der Waals surface area contributed by atoms with Crippen LogP contribution in [0.5, 0.6) is 0 Å². The molecule has 2 rings (SSSR count). The number of aryl methyl sites for hydroxylation is 2. The minimum Gasteiger partial charge on any atom is -0.347 e. The lowest BCUT2D eigenvalue weighted by Crippen LogP contribution is -1.92. The normalized spacial score (nSPS) is 10.5. The molecule has 0 amide bonds. The Bertz CT molecular complexity index is 556. The molecule has 0 N–H and O–H groups in total. The van der Waals surface area contributed by atoms with Gasteiger partial charge in [0.25, 0.3) is 0 Å². The van der Waals surface area contributed by atoms with Crippen LogP contribution < -0.4 is 0 Å². The first-order valence-electron chi connectivity index (χ1n) is 5.07. The van der Waals surface area contributed by atoms with Crippen molar-refractivity contribution in [1.82, 2.24) is 4.57 Å². The third-order valence-corrected chi connectivity index (χ3v) is 3.09. The van der Waals surface area contributed by atoms with Gasteiger partial charge in [-0.05, 0) is 25.0 Å². The molecule has 1 aromatic heterocycles. The molecule has 0 aliphatic heterocycles. The van der Waals surface area contributed by atoms with Gasteiger partial charge in [0.15, 0.2) is 0 Å². The van der Waals surface area contributed by atoms with Crippen LogP contribution in [0.3, 0.4) is 0 Å². The van der Waals surface area contributed by atoms with Gasteiger partial charge < -0.3 is 4.57 Å². The average Bonchev–Trinajstić information content (AvgIpc) is 2.45. The van der Waals surface area contributed by atoms with Gasteiger partial charge in [-0.1, -0.05) is 18.2 Å². The van der Waals surface area contributed by atoms with Gasteiger partial charge >= 0.3 is 0 Å². The van der Waals surface area contributed by atoms with Gasteiger partial charge in [-0.3, -0.25) is 0 Å². The highest BCUT2D eigenvalue weighted by Crippen LogP contribution is 2.27. The Hall–Kier alpha value is -1.75. The summed E-state index contributed by atoms with van der Waals surface area (Å²) in [7, 11) is 2.06. The van der Waals surface area contributed by atoms with E-state index in [1.165, 1.54) is 27.7 Å². The molecule has 76 valence electrons. The molecule has 0 aliphatic carbocycles. The topological polar surface area (TPSA) is 28.7 Å². The number of hydrogen-bond donors (Lipinski definition) is 0. The Balaban J connectivity index is 2.88. The lowest BCUT2D eigenvalue weighted by Gasteiger charge is -2.01. The largest absolute Gasteiger partial charge is 0.347 e. The summed E-state index contributed by atoms with van der Waals surface area (Å²) in [6.45, 7) is 4.18. The summed E-state index contributed by atoms with van der Waals surface area (Å²) in [5.74, 6) is 0. The molecule has 1 heterocycles. The number of hydrogen-bond acceptors (Lipinski definition) is 1. The zero-order valence-corrected chi connectivity index (χ0v) is 9.33. The van der Waals surface area contributed by atoms with Crippen LogP contribution in [0.1, 0.15) is 16.8 Å². The number of para-hydroxylation sites is 1. The number of nitrogens with zero attached hydrogens (tertiary/aromatic N) is 2. The predicted molar refractivity (Wildman–Crippen MR) is 61.7 cm³/mol. The number of benzene rings is 1. The Morgan fingerprint density at radius 3 is 2.73 bits per heavy atom.